The monoisotopic (exact) mass is 272 g/mol. The van der Waals surface area contributed by atoms with Crippen molar-refractivity contribution in [1.29, 1.82) is 0 Å². The zero-order chi connectivity index (χ0) is 13.9. The van der Waals surface area contributed by atoms with Crippen molar-refractivity contribution < 1.29 is 4.79 Å². The number of hydrogen-bond acceptors (Lipinski definition) is 2. The quantitative estimate of drug-likeness (QED) is 0.896. The average molecular weight is 272 g/mol. The van der Waals surface area contributed by atoms with Gasteiger partial charge in [-0.1, -0.05) is 24.3 Å². The van der Waals surface area contributed by atoms with Crippen LogP contribution in [0.2, 0.25) is 0 Å². The SMILES string of the molecule is NC1CCN(C(=O)CC2CCc3ccccc3C2)CC1. The molecule has 1 aromatic carbocycles. The van der Waals surface area contributed by atoms with E-state index in [4.69, 9.17) is 5.73 Å². The van der Waals surface area contributed by atoms with Crippen molar-refractivity contribution in [2.24, 2.45) is 11.7 Å². The van der Waals surface area contributed by atoms with Crippen molar-refractivity contribution in [3.05, 3.63) is 35.4 Å². The highest BCUT2D eigenvalue weighted by atomic mass is 16.2. The third kappa shape index (κ3) is 3.04. The molecule has 3 nitrogen and oxygen atoms in total. The van der Waals surface area contributed by atoms with E-state index < -0.39 is 0 Å². The van der Waals surface area contributed by atoms with Crippen LogP contribution in [-0.2, 0) is 17.6 Å². The maximum Gasteiger partial charge on any atom is 0.222 e. The first-order chi connectivity index (χ1) is 9.72. The number of nitrogens with zero attached hydrogens (tertiary/aromatic N) is 1. The van der Waals surface area contributed by atoms with E-state index in [0.717, 1.165) is 45.2 Å². The number of aryl methyl sites for hydroxylation is 1. The number of benzene rings is 1. The number of carbonyl (C=O) groups is 1. The van der Waals surface area contributed by atoms with E-state index in [1.54, 1.807) is 0 Å². The van der Waals surface area contributed by atoms with Gasteiger partial charge in [-0.3, -0.25) is 4.79 Å². The predicted octanol–water partition coefficient (Wildman–Crippen LogP) is 2.13. The van der Waals surface area contributed by atoms with Crippen molar-refractivity contribution in [2.75, 3.05) is 13.1 Å². The smallest absolute Gasteiger partial charge is 0.222 e. The molecule has 3 rings (SSSR count). The van der Waals surface area contributed by atoms with E-state index in [9.17, 15) is 4.79 Å². The van der Waals surface area contributed by atoms with Crippen LogP contribution in [0.5, 0.6) is 0 Å². The number of hydrogen-bond donors (Lipinski definition) is 1. The van der Waals surface area contributed by atoms with Gasteiger partial charge in [0.15, 0.2) is 0 Å². The number of likely N-dealkylation sites (tertiary alicyclic amines) is 1. The Kier molecular flexibility index (Phi) is 4.06. The molecule has 1 fully saturated rings. The number of carbonyl (C=O) groups excluding carboxylic acids is 1. The van der Waals surface area contributed by atoms with Crippen molar-refractivity contribution in [3.63, 3.8) is 0 Å². The Labute approximate surface area is 121 Å². The molecule has 0 spiro atoms. The second-order valence-electron chi connectivity index (χ2n) is 6.30. The maximum absolute atomic E-state index is 12.4. The number of rotatable bonds is 2. The third-order valence-electron chi connectivity index (χ3n) is 4.80. The Bertz CT molecular complexity index is 478. The lowest BCUT2D eigenvalue weighted by Gasteiger charge is -2.32. The van der Waals surface area contributed by atoms with Gasteiger partial charge >= 0.3 is 0 Å². The molecule has 1 aromatic rings. The van der Waals surface area contributed by atoms with Crippen LogP contribution in [0.4, 0.5) is 0 Å². The highest BCUT2D eigenvalue weighted by Crippen LogP contribution is 2.28. The molecule has 2 aliphatic rings. The van der Waals surface area contributed by atoms with E-state index in [1.165, 1.54) is 11.1 Å². The number of fused-ring (bicyclic) bond motifs is 1. The lowest BCUT2D eigenvalue weighted by molar-refractivity contribution is -0.133. The molecule has 1 aliphatic heterocycles. The van der Waals surface area contributed by atoms with Gasteiger partial charge in [0.25, 0.3) is 0 Å². The summed E-state index contributed by atoms with van der Waals surface area (Å²) in [5, 5.41) is 0. The van der Waals surface area contributed by atoms with Crippen LogP contribution in [0.15, 0.2) is 24.3 Å². The first kappa shape index (κ1) is 13.6. The van der Waals surface area contributed by atoms with Crippen LogP contribution < -0.4 is 5.73 Å². The van der Waals surface area contributed by atoms with E-state index in [1.807, 2.05) is 4.90 Å². The molecule has 2 N–H and O–H groups in total. The number of nitrogens with two attached hydrogens (primary N) is 1. The Balaban J connectivity index is 1.55. The van der Waals surface area contributed by atoms with Gasteiger partial charge in [-0.05, 0) is 49.1 Å². The van der Waals surface area contributed by atoms with Gasteiger partial charge in [-0.15, -0.1) is 0 Å². The van der Waals surface area contributed by atoms with Crippen molar-refractivity contribution >= 4 is 5.91 Å². The first-order valence-corrected chi connectivity index (χ1v) is 7.82. The first-order valence-electron chi connectivity index (χ1n) is 7.82. The van der Waals surface area contributed by atoms with Crippen molar-refractivity contribution in [3.8, 4) is 0 Å². The summed E-state index contributed by atoms with van der Waals surface area (Å²) in [5.41, 5.74) is 8.81. The molecule has 0 saturated carbocycles. The normalized spacial score (nSPS) is 23.4. The summed E-state index contributed by atoms with van der Waals surface area (Å²) < 4.78 is 0. The summed E-state index contributed by atoms with van der Waals surface area (Å²) in [4.78, 5) is 14.4. The summed E-state index contributed by atoms with van der Waals surface area (Å²) in [6.07, 6.45) is 5.96. The van der Waals surface area contributed by atoms with Crippen LogP contribution in [0.1, 0.15) is 36.8 Å². The topological polar surface area (TPSA) is 46.3 Å². The molecular formula is C17H24N2O. The molecule has 1 amide bonds. The standard InChI is InChI=1S/C17H24N2O/c18-16-7-9-19(10-8-16)17(20)12-13-5-6-14-3-1-2-4-15(14)11-13/h1-4,13,16H,5-12,18H2. The number of amides is 1. The fourth-order valence-corrected chi connectivity index (χ4v) is 3.47. The zero-order valence-electron chi connectivity index (χ0n) is 12.1. The Morgan fingerprint density at radius 3 is 2.60 bits per heavy atom. The molecule has 0 radical (unpaired) electrons. The summed E-state index contributed by atoms with van der Waals surface area (Å²) >= 11 is 0. The largest absolute Gasteiger partial charge is 0.343 e. The predicted molar refractivity (Wildman–Crippen MR) is 80.4 cm³/mol. The maximum atomic E-state index is 12.4. The van der Waals surface area contributed by atoms with Crippen molar-refractivity contribution in [2.45, 2.75) is 44.6 Å². The van der Waals surface area contributed by atoms with Crippen LogP contribution in [0.25, 0.3) is 0 Å². The highest BCUT2D eigenvalue weighted by Gasteiger charge is 2.25. The Morgan fingerprint density at radius 1 is 1.15 bits per heavy atom. The molecule has 0 aromatic heterocycles. The van der Waals surface area contributed by atoms with Gasteiger partial charge in [0, 0.05) is 25.6 Å². The van der Waals surface area contributed by atoms with Crippen LogP contribution in [0, 0.1) is 5.92 Å². The minimum Gasteiger partial charge on any atom is -0.343 e. The molecule has 1 heterocycles. The molecule has 0 bridgehead atoms. The molecular weight excluding hydrogens is 248 g/mol. The third-order valence-corrected chi connectivity index (χ3v) is 4.80. The lowest BCUT2D eigenvalue weighted by Crippen LogP contribution is -2.43. The molecule has 20 heavy (non-hydrogen) atoms. The van der Waals surface area contributed by atoms with Gasteiger partial charge in [-0.25, -0.2) is 0 Å². The fraction of sp³-hybridized carbons (Fsp3) is 0.588. The summed E-state index contributed by atoms with van der Waals surface area (Å²) in [6, 6.07) is 8.95. The Hall–Kier alpha value is -1.35. The van der Waals surface area contributed by atoms with E-state index in [0.29, 0.717) is 24.3 Å². The molecule has 1 aliphatic carbocycles. The second-order valence-corrected chi connectivity index (χ2v) is 6.30. The van der Waals surface area contributed by atoms with Gasteiger partial charge in [0.2, 0.25) is 5.91 Å². The van der Waals surface area contributed by atoms with E-state index >= 15 is 0 Å². The number of piperidine rings is 1. The molecule has 1 unspecified atom stereocenters. The van der Waals surface area contributed by atoms with Gasteiger partial charge in [0.05, 0.1) is 0 Å². The van der Waals surface area contributed by atoms with E-state index in [2.05, 4.69) is 24.3 Å². The van der Waals surface area contributed by atoms with Crippen LogP contribution in [-0.4, -0.2) is 29.9 Å². The lowest BCUT2D eigenvalue weighted by atomic mass is 9.82. The summed E-state index contributed by atoms with van der Waals surface area (Å²) in [6.45, 7) is 1.70. The van der Waals surface area contributed by atoms with Gasteiger partial charge < -0.3 is 10.6 Å². The highest BCUT2D eigenvalue weighted by molar-refractivity contribution is 5.76. The molecule has 3 heteroatoms. The summed E-state index contributed by atoms with van der Waals surface area (Å²) in [7, 11) is 0. The van der Waals surface area contributed by atoms with Crippen LogP contribution >= 0.6 is 0 Å². The van der Waals surface area contributed by atoms with Gasteiger partial charge in [0.1, 0.15) is 0 Å². The Morgan fingerprint density at radius 2 is 1.85 bits per heavy atom. The molecule has 1 atom stereocenters. The van der Waals surface area contributed by atoms with Gasteiger partial charge in [-0.2, -0.15) is 0 Å². The average Bonchev–Trinajstić information content (AvgIpc) is 2.48. The minimum atomic E-state index is 0.292. The zero-order valence-corrected chi connectivity index (χ0v) is 12.1. The minimum absolute atomic E-state index is 0.292. The van der Waals surface area contributed by atoms with Crippen molar-refractivity contribution in [1.82, 2.24) is 4.90 Å². The second kappa shape index (κ2) is 5.96. The summed E-state index contributed by atoms with van der Waals surface area (Å²) in [5.74, 6) is 0.856. The van der Waals surface area contributed by atoms with Crippen LogP contribution in [0.3, 0.4) is 0 Å². The van der Waals surface area contributed by atoms with E-state index in [-0.39, 0.29) is 0 Å². The fourth-order valence-electron chi connectivity index (χ4n) is 3.47. The molecule has 1 saturated heterocycles. The molecule has 108 valence electrons.